The maximum atomic E-state index is 13.5. The Morgan fingerprint density at radius 1 is 1.22 bits per heavy atom. The van der Waals surface area contributed by atoms with Crippen molar-refractivity contribution in [3.63, 3.8) is 0 Å². The number of rotatable bonds is 5. The summed E-state index contributed by atoms with van der Waals surface area (Å²) in [6.07, 6.45) is 0. The molecule has 0 saturated heterocycles. The van der Waals surface area contributed by atoms with E-state index in [1.165, 1.54) is 30.0 Å². The van der Waals surface area contributed by atoms with Crippen molar-refractivity contribution in [1.82, 2.24) is 0 Å². The second-order valence-electron chi connectivity index (χ2n) is 4.85. The number of benzene rings is 2. The average molecular weight is 354 g/mol. The Morgan fingerprint density at radius 2 is 2.04 bits per heavy atom. The number of anilines is 1. The number of amides is 1. The van der Waals surface area contributed by atoms with E-state index in [4.69, 9.17) is 21.1 Å². The molecule has 0 saturated carbocycles. The zero-order chi connectivity index (χ0) is 16.2. The first-order valence-corrected chi connectivity index (χ1v) is 8.36. The molecule has 0 radical (unpaired) electrons. The molecule has 0 bridgehead atoms. The molecular weight excluding hydrogens is 341 g/mol. The fourth-order valence-corrected chi connectivity index (χ4v) is 3.02. The molecular formula is C16H13ClFNO3S. The van der Waals surface area contributed by atoms with Gasteiger partial charge in [-0.25, -0.2) is 4.39 Å². The molecule has 0 aliphatic carbocycles. The van der Waals surface area contributed by atoms with Gasteiger partial charge in [-0.15, -0.1) is 11.8 Å². The highest BCUT2D eigenvalue weighted by Crippen LogP contribution is 2.33. The second-order valence-corrected chi connectivity index (χ2v) is 6.27. The molecule has 1 aliphatic heterocycles. The van der Waals surface area contributed by atoms with Crippen LogP contribution in [0.25, 0.3) is 0 Å². The van der Waals surface area contributed by atoms with Gasteiger partial charge in [-0.05, 0) is 35.9 Å². The highest BCUT2D eigenvalue weighted by atomic mass is 35.5. The number of thioether (sulfide) groups is 1. The minimum atomic E-state index is -0.511. The number of carbonyl (C=O) groups excluding carboxylic acids is 1. The van der Waals surface area contributed by atoms with Crippen LogP contribution < -0.4 is 14.8 Å². The Balaban J connectivity index is 1.50. The molecule has 2 aromatic rings. The standard InChI is InChI=1S/C16H13ClFNO3S/c17-11-2-3-12(18)13(6-11)19-16(20)8-23-7-10-1-4-14-15(5-10)22-9-21-14/h1-6H,7-9H2,(H,19,20). The molecule has 0 fully saturated rings. The van der Waals surface area contributed by atoms with E-state index < -0.39 is 5.82 Å². The molecule has 0 atom stereocenters. The summed E-state index contributed by atoms with van der Waals surface area (Å²) in [4.78, 5) is 11.9. The molecule has 120 valence electrons. The first-order chi connectivity index (χ1) is 11.1. The van der Waals surface area contributed by atoms with Crippen LogP contribution in [0.3, 0.4) is 0 Å². The number of halogens is 2. The lowest BCUT2D eigenvalue weighted by molar-refractivity contribution is -0.113. The van der Waals surface area contributed by atoms with E-state index in [0.29, 0.717) is 16.5 Å². The van der Waals surface area contributed by atoms with Crippen molar-refractivity contribution in [3.8, 4) is 11.5 Å². The molecule has 1 aliphatic rings. The smallest absolute Gasteiger partial charge is 0.234 e. The second kappa shape index (κ2) is 7.10. The van der Waals surface area contributed by atoms with Crippen molar-refractivity contribution in [2.24, 2.45) is 0 Å². The van der Waals surface area contributed by atoms with Crippen LogP contribution >= 0.6 is 23.4 Å². The van der Waals surface area contributed by atoms with Crippen LogP contribution in [0.5, 0.6) is 11.5 Å². The number of ether oxygens (including phenoxy) is 2. The minimum absolute atomic E-state index is 0.0891. The van der Waals surface area contributed by atoms with Gasteiger partial charge in [0.25, 0.3) is 0 Å². The average Bonchev–Trinajstić information content (AvgIpc) is 2.98. The highest BCUT2D eigenvalue weighted by molar-refractivity contribution is 7.99. The number of hydrogen-bond donors (Lipinski definition) is 1. The fraction of sp³-hybridized carbons (Fsp3) is 0.188. The zero-order valence-corrected chi connectivity index (χ0v) is 13.5. The molecule has 2 aromatic carbocycles. The lowest BCUT2D eigenvalue weighted by Gasteiger charge is -2.07. The van der Waals surface area contributed by atoms with E-state index in [1.807, 2.05) is 18.2 Å². The number of fused-ring (bicyclic) bond motifs is 1. The molecule has 23 heavy (non-hydrogen) atoms. The third-order valence-electron chi connectivity index (χ3n) is 3.14. The molecule has 1 amide bonds. The van der Waals surface area contributed by atoms with Gasteiger partial charge in [0, 0.05) is 10.8 Å². The molecule has 0 spiro atoms. The number of carbonyl (C=O) groups is 1. The summed E-state index contributed by atoms with van der Waals surface area (Å²) in [6, 6.07) is 9.70. The van der Waals surface area contributed by atoms with Gasteiger partial charge in [-0.3, -0.25) is 4.79 Å². The SMILES string of the molecule is O=C(CSCc1ccc2c(c1)OCO2)Nc1cc(Cl)ccc1F. The molecule has 7 heteroatoms. The monoisotopic (exact) mass is 353 g/mol. The molecule has 4 nitrogen and oxygen atoms in total. The summed E-state index contributed by atoms with van der Waals surface area (Å²) in [7, 11) is 0. The summed E-state index contributed by atoms with van der Waals surface area (Å²) in [5.74, 6) is 1.50. The normalized spacial score (nSPS) is 12.3. The minimum Gasteiger partial charge on any atom is -0.454 e. The third-order valence-corrected chi connectivity index (χ3v) is 4.38. The lowest BCUT2D eigenvalue weighted by Crippen LogP contribution is -2.15. The first-order valence-electron chi connectivity index (χ1n) is 6.83. The topological polar surface area (TPSA) is 47.6 Å². The van der Waals surface area contributed by atoms with Crippen LogP contribution in [-0.2, 0) is 10.5 Å². The van der Waals surface area contributed by atoms with Gasteiger partial charge in [0.2, 0.25) is 12.7 Å². The van der Waals surface area contributed by atoms with Crippen molar-refractivity contribution in [3.05, 3.63) is 52.8 Å². The summed E-state index contributed by atoms with van der Waals surface area (Å²) in [5.41, 5.74) is 1.12. The van der Waals surface area contributed by atoms with Crippen LogP contribution in [-0.4, -0.2) is 18.5 Å². The number of nitrogens with one attached hydrogen (secondary N) is 1. The summed E-state index contributed by atoms with van der Waals surface area (Å²) >= 11 is 7.21. The van der Waals surface area contributed by atoms with E-state index >= 15 is 0 Å². The van der Waals surface area contributed by atoms with Gasteiger partial charge in [-0.1, -0.05) is 17.7 Å². The van der Waals surface area contributed by atoms with Crippen molar-refractivity contribution in [1.29, 1.82) is 0 Å². The largest absolute Gasteiger partial charge is 0.454 e. The Labute approximate surface area is 141 Å². The van der Waals surface area contributed by atoms with Gasteiger partial charge >= 0.3 is 0 Å². The Morgan fingerprint density at radius 3 is 2.91 bits per heavy atom. The quantitative estimate of drug-likeness (QED) is 0.879. The van der Waals surface area contributed by atoms with Crippen LogP contribution in [0, 0.1) is 5.82 Å². The number of hydrogen-bond acceptors (Lipinski definition) is 4. The summed E-state index contributed by atoms with van der Waals surface area (Å²) < 4.78 is 24.1. The van der Waals surface area contributed by atoms with E-state index in [0.717, 1.165) is 11.3 Å². The Hall–Kier alpha value is -1.92. The molecule has 1 N–H and O–H groups in total. The Bertz CT molecular complexity index is 741. The predicted molar refractivity (Wildman–Crippen MR) is 88.8 cm³/mol. The third kappa shape index (κ3) is 4.09. The van der Waals surface area contributed by atoms with Crippen molar-refractivity contribution in [2.75, 3.05) is 17.9 Å². The molecule has 0 unspecified atom stereocenters. The van der Waals surface area contributed by atoms with Gasteiger partial charge in [0.05, 0.1) is 11.4 Å². The highest BCUT2D eigenvalue weighted by Gasteiger charge is 2.13. The van der Waals surface area contributed by atoms with Crippen molar-refractivity contribution in [2.45, 2.75) is 5.75 Å². The van der Waals surface area contributed by atoms with Crippen LogP contribution in [0.15, 0.2) is 36.4 Å². The van der Waals surface area contributed by atoms with E-state index in [1.54, 1.807) is 0 Å². The van der Waals surface area contributed by atoms with E-state index in [2.05, 4.69) is 5.32 Å². The van der Waals surface area contributed by atoms with Crippen LogP contribution in [0.1, 0.15) is 5.56 Å². The predicted octanol–water partition coefficient (Wildman–Crippen LogP) is 4.08. The van der Waals surface area contributed by atoms with Gasteiger partial charge < -0.3 is 14.8 Å². The summed E-state index contributed by atoms with van der Waals surface area (Å²) in [6.45, 7) is 0.236. The Kier molecular flexibility index (Phi) is 4.93. The van der Waals surface area contributed by atoms with Crippen LogP contribution in [0.4, 0.5) is 10.1 Å². The maximum Gasteiger partial charge on any atom is 0.234 e. The van der Waals surface area contributed by atoms with E-state index in [9.17, 15) is 9.18 Å². The lowest BCUT2D eigenvalue weighted by atomic mass is 10.2. The van der Waals surface area contributed by atoms with Crippen molar-refractivity contribution < 1.29 is 18.7 Å². The van der Waals surface area contributed by atoms with Gasteiger partial charge in [0.15, 0.2) is 11.5 Å². The zero-order valence-electron chi connectivity index (χ0n) is 12.0. The van der Waals surface area contributed by atoms with Crippen molar-refractivity contribution >= 4 is 35.0 Å². The van der Waals surface area contributed by atoms with E-state index in [-0.39, 0.29) is 24.1 Å². The fourth-order valence-electron chi connectivity index (χ4n) is 2.07. The summed E-state index contributed by atoms with van der Waals surface area (Å²) in [5, 5.41) is 2.89. The van der Waals surface area contributed by atoms with Crippen LogP contribution in [0.2, 0.25) is 5.02 Å². The molecule has 3 rings (SSSR count). The van der Waals surface area contributed by atoms with Gasteiger partial charge in [0.1, 0.15) is 5.82 Å². The first kappa shape index (κ1) is 16.0. The molecule has 0 aromatic heterocycles. The maximum absolute atomic E-state index is 13.5. The van der Waals surface area contributed by atoms with Gasteiger partial charge in [-0.2, -0.15) is 0 Å². The molecule has 1 heterocycles.